The number of ether oxygens (including phenoxy) is 1. The molecular formula is C22H26Cl2N6O2. The van der Waals surface area contributed by atoms with Crippen molar-refractivity contribution in [3.63, 3.8) is 0 Å². The quantitative estimate of drug-likeness (QED) is 0.543. The number of hydrogen-bond acceptors (Lipinski definition) is 6. The Balaban J connectivity index is 1.25. The molecular weight excluding hydrogens is 451 g/mol. The van der Waals surface area contributed by atoms with Crippen molar-refractivity contribution in [2.45, 2.75) is 25.9 Å². The third kappa shape index (κ3) is 4.64. The largest absolute Gasteiger partial charge is 0.379 e. The van der Waals surface area contributed by atoms with Gasteiger partial charge in [-0.15, -0.1) is 0 Å². The van der Waals surface area contributed by atoms with Crippen LogP contribution in [0.1, 0.15) is 18.4 Å². The molecule has 2 atom stereocenters. The van der Waals surface area contributed by atoms with Gasteiger partial charge in [0.15, 0.2) is 11.2 Å². The van der Waals surface area contributed by atoms with Gasteiger partial charge >= 0.3 is 0 Å². The first kappa shape index (κ1) is 21.7. The van der Waals surface area contributed by atoms with Gasteiger partial charge in [-0.2, -0.15) is 4.98 Å². The smallest absolute Gasteiger partial charge is 0.278 e. The van der Waals surface area contributed by atoms with Gasteiger partial charge in [0.1, 0.15) is 0 Å². The molecule has 2 aliphatic rings. The Morgan fingerprint density at radius 1 is 1.12 bits per heavy atom. The monoisotopic (exact) mass is 476 g/mol. The van der Waals surface area contributed by atoms with Crippen LogP contribution in [0.4, 0.5) is 5.95 Å². The van der Waals surface area contributed by atoms with Crippen molar-refractivity contribution in [3.05, 3.63) is 50.5 Å². The normalized spacial score (nSPS) is 21.6. The van der Waals surface area contributed by atoms with Crippen LogP contribution in [0.3, 0.4) is 0 Å². The summed E-state index contributed by atoms with van der Waals surface area (Å²) >= 11 is 12.0. The number of nitrogens with zero attached hydrogens (tertiary/aromatic N) is 4. The van der Waals surface area contributed by atoms with Crippen LogP contribution in [0.25, 0.3) is 11.2 Å². The minimum absolute atomic E-state index is 0.187. The molecule has 2 N–H and O–H groups in total. The summed E-state index contributed by atoms with van der Waals surface area (Å²) in [6, 6.07) is 5.40. The van der Waals surface area contributed by atoms with Gasteiger partial charge in [0.25, 0.3) is 5.56 Å². The molecule has 0 amide bonds. The van der Waals surface area contributed by atoms with Crippen molar-refractivity contribution in [1.82, 2.24) is 24.4 Å². The Bertz CT molecular complexity index is 1160. The summed E-state index contributed by atoms with van der Waals surface area (Å²) in [5.41, 5.74) is 1.73. The number of aromatic amines is 1. The number of imidazole rings is 1. The molecule has 1 aliphatic heterocycles. The topological polar surface area (TPSA) is 88.1 Å². The highest BCUT2D eigenvalue weighted by Crippen LogP contribution is 2.36. The number of H-pyrrole nitrogens is 1. The molecule has 170 valence electrons. The van der Waals surface area contributed by atoms with Gasteiger partial charge in [-0.3, -0.25) is 14.7 Å². The summed E-state index contributed by atoms with van der Waals surface area (Å²) in [7, 11) is 0. The fourth-order valence-electron chi connectivity index (χ4n) is 4.53. The SMILES string of the molecule is O=c1[nH]c(NCc2ccc(Cl)c(Cl)c2)nc2ncn(CC3CCC3CN3CCOCC3)c12. The van der Waals surface area contributed by atoms with Crippen LogP contribution in [0, 0.1) is 11.8 Å². The van der Waals surface area contributed by atoms with Crippen molar-refractivity contribution in [2.75, 3.05) is 38.2 Å². The van der Waals surface area contributed by atoms with Gasteiger partial charge in [-0.25, -0.2) is 4.98 Å². The highest BCUT2D eigenvalue weighted by molar-refractivity contribution is 6.42. The van der Waals surface area contributed by atoms with Gasteiger partial charge in [-0.05, 0) is 42.4 Å². The predicted molar refractivity (Wildman–Crippen MR) is 125 cm³/mol. The lowest BCUT2D eigenvalue weighted by Gasteiger charge is -2.41. The van der Waals surface area contributed by atoms with Gasteiger partial charge in [-0.1, -0.05) is 29.3 Å². The summed E-state index contributed by atoms with van der Waals surface area (Å²) in [6.07, 6.45) is 4.16. The van der Waals surface area contributed by atoms with E-state index in [-0.39, 0.29) is 5.56 Å². The zero-order valence-electron chi connectivity index (χ0n) is 17.7. The lowest BCUT2D eigenvalue weighted by molar-refractivity contribution is 0.0102. The average molecular weight is 477 g/mol. The summed E-state index contributed by atoms with van der Waals surface area (Å²) in [5.74, 6) is 1.60. The van der Waals surface area contributed by atoms with Crippen molar-refractivity contribution in [2.24, 2.45) is 11.8 Å². The molecule has 1 aliphatic carbocycles. The van der Waals surface area contributed by atoms with Gasteiger partial charge in [0, 0.05) is 32.7 Å². The first-order chi connectivity index (χ1) is 15.6. The zero-order chi connectivity index (χ0) is 22.1. The van der Waals surface area contributed by atoms with E-state index < -0.39 is 0 Å². The van der Waals surface area contributed by atoms with E-state index in [0.29, 0.717) is 45.5 Å². The third-order valence-electron chi connectivity index (χ3n) is 6.53. The van der Waals surface area contributed by atoms with E-state index in [1.807, 2.05) is 10.6 Å². The molecule has 10 heteroatoms. The third-order valence-corrected chi connectivity index (χ3v) is 7.27. The molecule has 3 heterocycles. The predicted octanol–water partition coefficient (Wildman–Crippen LogP) is 3.40. The van der Waals surface area contributed by atoms with Gasteiger partial charge in [0.05, 0.1) is 29.6 Å². The standard InChI is InChI=1S/C22H26Cl2N6O2/c23-17-4-1-14(9-18(17)24)10-25-22-27-20-19(21(31)28-22)30(13-26-20)12-16-3-2-15(16)11-29-5-7-32-8-6-29/h1,4,9,13,15-16H,2-3,5-8,10-12H2,(H2,25,27,28,31). The van der Waals surface area contributed by atoms with Crippen LogP contribution in [0.15, 0.2) is 29.3 Å². The van der Waals surface area contributed by atoms with E-state index >= 15 is 0 Å². The molecule has 2 aromatic heterocycles. The molecule has 5 rings (SSSR count). The number of benzene rings is 1. The van der Waals surface area contributed by atoms with Gasteiger partial charge < -0.3 is 14.6 Å². The maximum absolute atomic E-state index is 12.8. The fourth-order valence-corrected chi connectivity index (χ4v) is 4.85. The molecule has 2 fully saturated rings. The lowest BCUT2D eigenvalue weighted by atomic mass is 9.73. The molecule has 0 spiro atoms. The van der Waals surface area contributed by atoms with Crippen molar-refractivity contribution < 1.29 is 4.74 Å². The Kier molecular flexibility index (Phi) is 6.37. The van der Waals surface area contributed by atoms with Crippen molar-refractivity contribution in [1.29, 1.82) is 0 Å². The number of fused-ring (bicyclic) bond motifs is 1. The molecule has 3 aromatic rings. The Morgan fingerprint density at radius 3 is 2.66 bits per heavy atom. The minimum atomic E-state index is -0.187. The summed E-state index contributed by atoms with van der Waals surface area (Å²) in [5, 5.41) is 4.13. The van der Waals surface area contributed by atoms with Crippen LogP contribution in [0.5, 0.6) is 0 Å². The molecule has 8 nitrogen and oxygen atoms in total. The number of hydrogen-bond donors (Lipinski definition) is 2. The number of rotatable bonds is 7. The van der Waals surface area contributed by atoms with Crippen LogP contribution < -0.4 is 10.9 Å². The van der Waals surface area contributed by atoms with Gasteiger partial charge in [0.2, 0.25) is 5.95 Å². The number of nitrogens with one attached hydrogen (secondary N) is 2. The molecule has 1 saturated heterocycles. The second-order valence-corrected chi connectivity index (χ2v) is 9.41. The minimum Gasteiger partial charge on any atom is -0.379 e. The van der Waals surface area contributed by atoms with E-state index in [0.717, 1.165) is 45.0 Å². The van der Waals surface area contributed by atoms with Crippen LogP contribution >= 0.6 is 23.2 Å². The Morgan fingerprint density at radius 2 is 1.91 bits per heavy atom. The average Bonchev–Trinajstić information content (AvgIpc) is 3.20. The number of aromatic nitrogens is 4. The van der Waals surface area contributed by atoms with Crippen LogP contribution in [0.2, 0.25) is 10.0 Å². The fraction of sp³-hybridized carbons (Fsp3) is 0.500. The molecule has 1 saturated carbocycles. The molecule has 1 aromatic carbocycles. The highest BCUT2D eigenvalue weighted by Gasteiger charge is 2.33. The maximum Gasteiger partial charge on any atom is 0.278 e. The van der Waals surface area contributed by atoms with E-state index in [1.165, 1.54) is 12.8 Å². The molecule has 0 bridgehead atoms. The molecule has 2 unspecified atom stereocenters. The summed E-state index contributed by atoms with van der Waals surface area (Å²) in [6.45, 7) is 6.04. The highest BCUT2D eigenvalue weighted by atomic mass is 35.5. The second-order valence-electron chi connectivity index (χ2n) is 8.60. The number of morpholine rings is 1. The Hall–Kier alpha value is -2.13. The van der Waals surface area contributed by atoms with Crippen LogP contribution in [-0.2, 0) is 17.8 Å². The summed E-state index contributed by atoms with van der Waals surface area (Å²) in [4.78, 5) is 27.0. The maximum atomic E-state index is 12.8. The van der Waals surface area contributed by atoms with Crippen molar-refractivity contribution >= 4 is 40.3 Å². The van der Waals surface area contributed by atoms with E-state index in [9.17, 15) is 4.79 Å². The van der Waals surface area contributed by atoms with E-state index in [1.54, 1.807) is 18.5 Å². The van der Waals surface area contributed by atoms with E-state index in [2.05, 4.69) is 25.2 Å². The second kappa shape index (κ2) is 9.39. The number of halogens is 2. The molecule has 32 heavy (non-hydrogen) atoms. The first-order valence-corrected chi connectivity index (χ1v) is 11.8. The van der Waals surface area contributed by atoms with Crippen molar-refractivity contribution in [3.8, 4) is 0 Å². The summed E-state index contributed by atoms with van der Waals surface area (Å²) < 4.78 is 7.41. The van der Waals surface area contributed by atoms with E-state index in [4.69, 9.17) is 27.9 Å². The lowest BCUT2D eigenvalue weighted by Crippen LogP contribution is -2.44. The van der Waals surface area contributed by atoms with Crippen LogP contribution in [-0.4, -0.2) is 57.3 Å². The first-order valence-electron chi connectivity index (χ1n) is 11.0. The number of anilines is 1. The Labute approximate surface area is 195 Å². The molecule has 0 radical (unpaired) electrons. The zero-order valence-corrected chi connectivity index (χ0v) is 19.2.